The van der Waals surface area contributed by atoms with Crippen molar-refractivity contribution < 1.29 is 9.59 Å². The van der Waals surface area contributed by atoms with Gasteiger partial charge in [-0.1, -0.05) is 17.7 Å². The molecule has 2 N–H and O–H groups in total. The maximum Gasteiger partial charge on any atom is 0.261 e. The van der Waals surface area contributed by atoms with E-state index < -0.39 is 0 Å². The Balaban J connectivity index is 1.97. The molecule has 2 amide bonds. The van der Waals surface area contributed by atoms with E-state index in [0.717, 1.165) is 32.8 Å². The van der Waals surface area contributed by atoms with Crippen LogP contribution in [0.4, 0.5) is 5.69 Å². The summed E-state index contributed by atoms with van der Waals surface area (Å²) in [6, 6.07) is 5.90. The number of nitrogens with one attached hydrogen (secondary N) is 2. The number of amides is 2. The van der Waals surface area contributed by atoms with Crippen LogP contribution in [-0.4, -0.2) is 18.4 Å². The number of thiophene rings is 1. The zero-order valence-electron chi connectivity index (χ0n) is 14.2. The molecule has 1 aromatic carbocycles. The molecular weight excluding hydrogens is 308 g/mol. The first kappa shape index (κ1) is 17.2. The maximum atomic E-state index is 12.1. The Kier molecular flexibility index (Phi) is 5.21. The van der Waals surface area contributed by atoms with E-state index in [1.165, 1.54) is 11.3 Å². The van der Waals surface area contributed by atoms with Crippen molar-refractivity contribution in [2.75, 3.05) is 11.9 Å². The van der Waals surface area contributed by atoms with Crippen molar-refractivity contribution in [3.05, 3.63) is 50.2 Å². The molecule has 122 valence electrons. The normalized spacial score (nSPS) is 10.5. The summed E-state index contributed by atoms with van der Waals surface area (Å²) in [6.07, 6.45) is 0. The Hall–Kier alpha value is -2.14. The van der Waals surface area contributed by atoms with Crippen LogP contribution < -0.4 is 10.6 Å². The van der Waals surface area contributed by atoms with Gasteiger partial charge in [0.25, 0.3) is 5.91 Å². The van der Waals surface area contributed by atoms with Gasteiger partial charge in [0, 0.05) is 10.6 Å². The van der Waals surface area contributed by atoms with Crippen LogP contribution in [0.2, 0.25) is 0 Å². The first-order valence-electron chi connectivity index (χ1n) is 7.51. The van der Waals surface area contributed by atoms with E-state index in [1.807, 2.05) is 52.8 Å². The lowest BCUT2D eigenvalue weighted by atomic mass is 10.1. The van der Waals surface area contributed by atoms with Crippen molar-refractivity contribution >= 4 is 28.8 Å². The predicted octanol–water partition coefficient (Wildman–Crippen LogP) is 3.66. The number of anilines is 1. The summed E-state index contributed by atoms with van der Waals surface area (Å²) in [4.78, 5) is 25.9. The Bertz CT molecular complexity index is 720. The second-order valence-corrected chi connectivity index (χ2v) is 7.11. The van der Waals surface area contributed by atoms with Crippen molar-refractivity contribution in [1.29, 1.82) is 0 Å². The Morgan fingerprint density at radius 2 is 1.57 bits per heavy atom. The second-order valence-electron chi connectivity index (χ2n) is 5.85. The predicted molar refractivity (Wildman–Crippen MR) is 95.4 cm³/mol. The van der Waals surface area contributed by atoms with E-state index in [1.54, 1.807) is 0 Å². The van der Waals surface area contributed by atoms with E-state index in [9.17, 15) is 9.59 Å². The van der Waals surface area contributed by atoms with Gasteiger partial charge in [0.15, 0.2) is 0 Å². The van der Waals surface area contributed by atoms with Gasteiger partial charge in [-0.15, -0.1) is 11.3 Å². The molecule has 1 aromatic heterocycles. The minimum absolute atomic E-state index is 0.0401. The van der Waals surface area contributed by atoms with Gasteiger partial charge in [0.2, 0.25) is 5.91 Å². The van der Waals surface area contributed by atoms with Crippen molar-refractivity contribution in [2.24, 2.45) is 0 Å². The van der Waals surface area contributed by atoms with Crippen molar-refractivity contribution in [2.45, 2.75) is 34.6 Å². The molecule has 0 bridgehead atoms. The summed E-state index contributed by atoms with van der Waals surface area (Å²) in [5, 5.41) is 5.55. The van der Waals surface area contributed by atoms with Crippen molar-refractivity contribution in [1.82, 2.24) is 5.32 Å². The number of aryl methyl sites for hydroxylation is 5. The third-order valence-electron chi connectivity index (χ3n) is 3.74. The van der Waals surface area contributed by atoms with Crippen LogP contribution in [0.1, 0.15) is 36.8 Å². The first-order chi connectivity index (χ1) is 10.8. The molecule has 23 heavy (non-hydrogen) atoms. The van der Waals surface area contributed by atoms with Crippen LogP contribution in [0.25, 0.3) is 0 Å². The molecule has 1 heterocycles. The average Bonchev–Trinajstić information content (AvgIpc) is 2.80. The lowest BCUT2D eigenvalue weighted by Gasteiger charge is -2.13. The van der Waals surface area contributed by atoms with Gasteiger partial charge in [-0.05, 0) is 57.4 Å². The zero-order chi connectivity index (χ0) is 17.1. The second kappa shape index (κ2) is 6.96. The smallest absolute Gasteiger partial charge is 0.261 e. The number of carbonyl (C=O) groups is 2. The fourth-order valence-electron chi connectivity index (χ4n) is 2.49. The molecule has 0 aliphatic rings. The van der Waals surface area contributed by atoms with Gasteiger partial charge in [-0.2, -0.15) is 0 Å². The first-order valence-corrected chi connectivity index (χ1v) is 8.32. The highest BCUT2D eigenvalue weighted by molar-refractivity contribution is 7.14. The highest BCUT2D eigenvalue weighted by Gasteiger charge is 2.13. The highest BCUT2D eigenvalue weighted by atomic mass is 32.1. The van der Waals surface area contributed by atoms with Gasteiger partial charge in [0.1, 0.15) is 0 Å². The molecular formula is C18H22N2O2S. The number of carbonyl (C=O) groups excluding carboxylic acids is 2. The Morgan fingerprint density at radius 1 is 0.957 bits per heavy atom. The lowest BCUT2D eigenvalue weighted by molar-refractivity contribution is -0.115. The molecule has 0 atom stereocenters. The minimum atomic E-state index is -0.224. The highest BCUT2D eigenvalue weighted by Crippen LogP contribution is 2.22. The van der Waals surface area contributed by atoms with Gasteiger partial charge in [-0.25, -0.2) is 0 Å². The third-order valence-corrected chi connectivity index (χ3v) is 4.89. The summed E-state index contributed by atoms with van der Waals surface area (Å²) in [7, 11) is 0. The molecule has 4 nitrogen and oxygen atoms in total. The quantitative estimate of drug-likeness (QED) is 0.899. The monoisotopic (exact) mass is 330 g/mol. The van der Waals surface area contributed by atoms with E-state index in [0.29, 0.717) is 4.88 Å². The molecule has 2 rings (SSSR count). The topological polar surface area (TPSA) is 58.2 Å². The average molecular weight is 330 g/mol. The maximum absolute atomic E-state index is 12.1. The molecule has 0 fully saturated rings. The SMILES string of the molecule is Cc1cc(C)c(NC(=O)CNC(=O)c2cc(C)c(C)s2)c(C)c1. The van der Waals surface area contributed by atoms with Gasteiger partial charge in [-0.3, -0.25) is 9.59 Å². The molecule has 0 spiro atoms. The molecule has 0 unspecified atom stereocenters. The largest absolute Gasteiger partial charge is 0.342 e. The van der Waals surface area contributed by atoms with Crippen LogP contribution in [0.15, 0.2) is 18.2 Å². The molecule has 0 saturated heterocycles. The number of hydrogen-bond donors (Lipinski definition) is 2. The van der Waals surface area contributed by atoms with Crippen LogP contribution in [0, 0.1) is 34.6 Å². The van der Waals surface area contributed by atoms with Crippen LogP contribution in [0.3, 0.4) is 0 Å². The molecule has 0 saturated carbocycles. The van der Waals surface area contributed by atoms with E-state index in [4.69, 9.17) is 0 Å². The summed E-state index contributed by atoms with van der Waals surface area (Å²) >= 11 is 1.44. The molecule has 0 radical (unpaired) electrons. The van der Waals surface area contributed by atoms with E-state index in [-0.39, 0.29) is 18.4 Å². The fourth-order valence-corrected chi connectivity index (χ4v) is 3.44. The minimum Gasteiger partial charge on any atom is -0.342 e. The standard InChI is InChI=1S/C18H22N2O2S/c1-10-6-12(3)17(13(4)7-10)20-16(21)9-19-18(22)15-8-11(2)14(5)23-15/h6-8H,9H2,1-5H3,(H,19,22)(H,20,21). The molecule has 0 aliphatic heterocycles. The fraction of sp³-hybridized carbons (Fsp3) is 0.333. The zero-order valence-corrected chi connectivity index (χ0v) is 15.0. The number of hydrogen-bond acceptors (Lipinski definition) is 3. The summed E-state index contributed by atoms with van der Waals surface area (Å²) in [6.45, 7) is 9.86. The Morgan fingerprint density at radius 3 is 2.09 bits per heavy atom. The van der Waals surface area contributed by atoms with Gasteiger partial charge in [0.05, 0.1) is 11.4 Å². The number of rotatable bonds is 4. The van der Waals surface area contributed by atoms with Gasteiger partial charge >= 0.3 is 0 Å². The van der Waals surface area contributed by atoms with E-state index in [2.05, 4.69) is 10.6 Å². The van der Waals surface area contributed by atoms with Crippen molar-refractivity contribution in [3.8, 4) is 0 Å². The molecule has 0 aliphatic carbocycles. The van der Waals surface area contributed by atoms with Crippen LogP contribution in [0.5, 0.6) is 0 Å². The summed E-state index contributed by atoms with van der Waals surface area (Å²) < 4.78 is 0. The summed E-state index contributed by atoms with van der Waals surface area (Å²) in [5.74, 6) is -0.433. The number of benzene rings is 1. The van der Waals surface area contributed by atoms with Crippen molar-refractivity contribution in [3.63, 3.8) is 0 Å². The van der Waals surface area contributed by atoms with E-state index >= 15 is 0 Å². The summed E-state index contributed by atoms with van der Waals surface area (Å²) in [5.41, 5.74) is 5.11. The third kappa shape index (κ3) is 4.20. The van der Waals surface area contributed by atoms with Gasteiger partial charge < -0.3 is 10.6 Å². The Labute approximate surface area is 140 Å². The van der Waals surface area contributed by atoms with Crippen LogP contribution >= 0.6 is 11.3 Å². The van der Waals surface area contributed by atoms with Crippen LogP contribution in [-0.2, 0) is 4.79 Å². The lowest BCUT2D eigenvalue weighted by Crippen LogP contribution is -2.32. The molecule has 2 aromatic rings. The molecule has 5 heteroatoms.